The van der Waals surface area contributed by atoms with E-state index in [0.717, 1.165) is 6.42 Å². The monoisotopic (exact) mass is 196 g/mol. The summed E-state index contributed by atoms with van der Waals surface area (Å²) in [6.07, 6.45) is 5.07. The van der Waals surface area contributed by atoms with E-state index in [4.69, 9.17) is 0 Å². The Labute approximate surface area is 117 Å². The van der Waals surface area contributed by atoms with Gasteiger partial charge in [-0.1, -0.05) is 69.9 Å². The third-order valence-electron chi connectivity index (χ3n) is 1.46. The number of hydrogen-bond donors (Lipinski definition) is 0. The van der Waals surface area contributed by atoms with E-state index < -0.39 is 0 Å². The fourth-order valence-corrected chi connectivity index (χ4v) is 0.769. The van der Waals surface area contributed by atoms with E-state index >= 15 is 0 Å². The summed E-state index contributed by atoms with van der Waals surface area (Å²) in [4.78, 5) is 0. The molecule has 1 aromatic carbocycles. The van der Waals surface area contributed by atoms with Crippen LogP contribution in [-0.4, -0.2) is 41.9 Å². The van der Waals surface area contributed by atoms with Gasteiger partial charge in [-0.2, -0.15) is 0 Å². The molecule has 0 spiro atoms. The van der Waals surface area contributed by atoms with Crippen molar-refractivity contribution in [3.8, 4) is 0 Å². The largest absolute Gasteiger partial charge is 0.316 e. The predicted octanol–water partition coefficient (Wildman–Crippen LogP) is 2.32. The predicted molar refractivity (Wildman–Crippen MR) is 70.5 cm³/mol. The van der Waals surface area contributed by atoms with Crippen LogP contribution in [0.1, 0.15) is 32.6 Å². The van der Waals surface area contributed by atoms with Crippen LogP contribution in [0.15, 0.2) is 30.3 Å². The Morgan fingerprint density at radius 3 is 1.79 bits per heavy atom. The molecule has 0 aliphatic heterocycles. The molecular weight excluding hydrogens is 175 g/mol. The van der Waals surface area contributed by atoms with Gasteiger partial charge < -0.3 is 0 Å². The zero-order valence-electron chi connectivity index (χ0n) is 7.92. The molecule has 0 nitrogen and oxygen atoms in total. The molecule has 0 heterocycles. The molecule has 0 unspecified atom stereocenters. The second-order valence-electron chi connectivity index (χ2n) is 2.64. The van der Waals surface area contributed by atoms with Crippen molar-refractivity contribution in [1.29, 1.82) is 0 Å². The second-order valence-corrected chi connectivity index (χ2v) is 2.64. The first kappa shape index (κ1) is 20.1. The van der Waals surface area contributed by atoms with Crippen LogP contribution in [-0.2, 0) is 0 Å². The molecule has 0 N–H and O–H groups in total. The Hall–Kier alpha value is 0.584. The quantitative estimate of drug-likeness (QED) is 0.514. The summed E-state index contributed by atoms with van der Waals surface area (Å²) in [5, 5.41) is 0. The zero-order valence-corrected chi connectivity index (χ0v) is 7.92. The number of hydrogen-bond acceptors (Lipinski definition) is 0. The van der Waals surface area contributed by atoms with Crippen molar-refractivity contribution in [2.45, 2.75) is 32.6 Å². The van der Waals surface area contributed by atoms with Gasteiger partial charge in [-0.15, -0.1) is 0 Å². The van der Waals surface area contributed by atoms with Gasteiger partial charge in [-0.05, 0) is 6.07 Å². The van der Waals surface area contributed by atoms with E-state index in [-0.39, 0.29) is 41.9 Å². The van der Waals surface area contributed by atoms with Crippen molar-refractivity contribution in [2.75, 3.05) is 0 Å². The van der Waals surface area contributed by atoms with E-state index in [0.29, 0.717) is 0 Å². The number of rotatable bonds is 3. The molecule has 72 valence electrons. The third-order valence-corrected chi connectivity index (χ3v) is 1.46. The molecule has 14 heavy (non-hydrogen) atoms. The zero-order chi connectivity index (χ0) is 9.07. The van der Waals surface area contributed by atoms with Crippen LogP contribution in [0.2, 0.25) is 0 Å². The number of benzene rings is 1. The molecule has 0 amide bonds. The SMILES string of the molecule is [CH2]CCCCC.[LiH].[MgH2].[c]1ccccc1. The minimum Gasteiger partial charge on any atom is -0.0622 e. The molecule has 0 aromatic heterocycles. The Balaban J connectivity index is -0.000000151. The Morgan fingerprint density at radius 1 is 1.07 bits per heavy atom. The van der Waals surface area contributed by atoms with E-state index in [1.807, 2.05) is 30.3 Å². The molecule has 0 saturated carbocycles. The minimum absolute atomic E-state index is 0. The minimum atomic E-state index is 0. The van der Waals surface area contributed by atoms with Gasteiger partial charge in [0.2, 0.25) is 0 Å². The van der Waals surface area contributed by atoms with E-state index in [9.17, 15) is 0 Å². The molecule has 0 saturated heterocycles. The first-order chi connectivity index (χ1) is 5.91. The summed E-state index contributed by atoms with van der Waals surface area (Å²) in [6.45, 7) is 5.93. The summed E-state index contributed by atoms with van der Waals surface area (Å²) < 4.78 is 0. The van der Waals surface area contributed by atoms with Crippen molar-refractivity contribution in [1.82, 2.24) is 0 Å². The average Bonchev–Trinajstić information content (AvgIpc) is 2.18. The average molecular weight is 197 g/mol. The fourth-order valence-electron chi connectivity index (χ4n) is 0.769. The van der Waals surface area contributed by atoms with Crippen molar-refractivity contribution >= 4 is 41.9 Å². The van der Waals surface area contributed by atoms with Crippen LogP contribution in [0.3, 0.4) is 0 Å². The van der Waals surface area contributed by atoms with Gasteiger partial charge in [0, 0.05) is 0 Å². The fraction of sp³-hybridized carbons (Fsp3) is 0.417. The van der Waals surface area contributed by atoms with Gasteiger partial charge in [0.1, 0.15) is 0 Å². The second kappa shape index (κ2) is 19.2. The molecule has 1 aromatic rings. The normalized spacial score (nSPS) is 7.29. The molecule has 1 rings (SSSR count). The van der Waals surface area contributed by atoms with Crippen LogP contribution >= 0.6 is 0 Å². The summed E-state index contributed by atoms with van der Waals surface area (Å²) in [6, 6.07) is 12.5. The van der Waals surface area contributed by atoms with Gasteiger partial charge in [-0.25, -0.2) is 0 Å². The molecule has 2 heteroatoms. The number of unbranched alkanes of at least 4 members (excludes halogenated alkanes) is 3. The molecular formula is C12H21LiMg. The third kappa shape index (κ3) is 18.4. The van der Waals surface area contributed by atoms with Gasteiger partial charge in [0.05, 0.1) is 0 Å². The standard InChI is InChI=1S/C6H5.C6H13.Li.Mg.3H/c1-2-4-6-5-3-1;1-3-5-6-4-2;;;;;/h1-5H;1,3-6H2,2H3;;;;;. The van der Waals surface area contributed by atoms with Crippen molar-refractivity contribution < 1.29 is 0 Å². The van der Waals surface area contributed by atoms with Crippen LogP contribution in [0.4, 0.5) is 0 Å². The topological polar surface area (TPSA) is 0 Å². The first-order valence-electron chi connectivity index (χ1n) is 4.62. The van der Waals surface area contributed by atoms with E-state index in [1.165, 1.54) is 19.3 Å². The Bertz CT molecular complexity index is 123. The first-order valence-corrected chi connectivity index (χ1v) is 4.62. The van der Waals surface area contributed by atoms with Gasteiger partial charge in [0.25, 0.3) is 0 Å². The summed E-state index contributed by atoms with van der Waals surface area (Å²) >= 11 is 0. The van der Waals surface area contributed by atoms with Crippen molar-refractivity contribution in [3.05, 3.63) is 43.3 Å². The maximum Gasteiger partial charge on any atom is 0.316 e. The Kier molecular flexibility index (Phi) is 27.5. The van der Waals surface area contributed by atoms with E-state index in [1.54, 1.807) is 0 Å². The van der Waals surface area contributed by atoms with Crippen LogP contribution in [0, 0.1) is 13.0 Å². The molecule has 0 atom stereocenters. The molecule has 2 radical (unpaired) electrons. The molecule has 0 aliphatic rings. The maximum absolute atomic E-state index is 3.72. The van der Waals surface area contributed by atoms with Gasteiger partial charge in [0.15, 0.2) is 0 Å². The van der Waals surface area contributed by atoms with Crippen molar-refractivity contribution in [3.63, 3.8) is 0 Å². The van der Waals surface area contributed by atoms with Gasteiger partial charge in [-0.3, -0.25) is 0 Å². The van der Waals surface area contributed by atoms with Crippen molar-refractivity contribution in [2.24, 2.45) is 0 Å². The van der Waals surface area contributed by atoms with Crippen LogP contribution in [0.25, 0.3) is 0 Å². The molecule has 0 bridgehead atoms. The molecule has 0 aliphatic carbocycles. The molecule has 0 fully saturated rings. The summed E-state index contributed by atoms with van der Waals surface area (Å²) in [5.74, 6) is 0. The van der Waals surface area contributed by atoms with E-state index in [2.05, 4.69) is 19.9 Å². The van der Waals surface area contributed by atoms with Gasteiger partial charge >= 0.3 is 41.9 Å². The smallest absolute Gasteiger partial charge is 0.0622 e. The van der Waals surface area contributed by atoms with Crippen LogP contribution in [0.5, 0.6) is 0 Å². The summed E-state index contributed by atoms with van der Waals surface area (Å²) in [5.41, 5.74) is 0. The summed E-state index contributed by atoms with van der Waals surface area (Å²) in [7, 11) is 0. The van der Waals surface area contributed by atoms with Crippen LogP contribution < -0.4 is 0 Å². The maximum atomic E-state index is 3.72. The Morgan fingerprint density at radius 2 is 1.64 bits per heavy atom.